The van der Waals surface area contributed by atoms with Crippen molar-refractivity contribution < 1.29 is 4.42 Å². The lowest BCUT2D eigenvalue weighted by Gasteiger charge is -2.30. The molecule has 20 heavy (non-hydrogen) atoms. The zero-order chi connectivity index (χ0) is 14.1. The van der Waals surface area contributed by atoms with Crippen molar-refractivity contribution in [2.45, 2.75) is 45.4 Å². The van der Waals surface area contributed by atoms with Gasteiger partial charge in [0.1, 0.15) is 11.5 Å². The Balaban J connectivity index is 1.88. The van der Waals surface area contributed by atoms with Crippen LogP contribution in [0.4, 0.5) is 0 Å². The number of furan rings is 1. The summed E-state index contributed by atoms with van der Waals surface area (Å²) in [6.07, 6.45) is 0.942. The zero-order valence-electron chi connectivity index (χ0n) is 12.2. The molecule has 2 atom stereocenters. The topological polar surface area (TPSA) is 42.4 Å². The van der Waals surface area contributed by atoms with Crippen LogP contribution in [0.25, 0.3) is 0 Å². The Morgan fingerprint density at radius 3 is 2.30 bits per heavy atom. The Kier molecular flexibility index (Phi) is 3.64. The van der Waals surface area contributed by atoms with Crippen molar-refractivity contribution in [3.05, 3.63) is 59.0 Å². The SMILES string of the molecule is CCC(N)C(c1ccc(C)o1)N1Cc2ccccc2C1. The fourth-order valence-electron chi connectivity index (χ4n) is 3.05. The number of aryl methyl sites for hydroxylation is 1. The Bertz CT molecular complexity index is 565. The number of nitrogens with zero attached hydrogens (tertiary/aromatic N) is 1. The highest BCUT2D eigenvalue weighted by Crippen LogP contribution is 2.34. The minimum atomic E-state index is 0.0925. The molecule has 3 heteroatoms. The van der Waals surface area contributed by atoms with Gasteiger partial charge in [0.05, 0.1) is 6.04 Å². The Labute approximate surface area is 120 Å². The fraction of sp³-hybridized carbons (Fsp3) is 0.412. The van der Waals surface area contributed by atoms with Crippen LogP contribution < -0.4 is 5.73 Å². The van der Waals surface area contributed by atoms with E-state index >= 15 is 0 Å². The molecule has 0 radical (unpaired) electrons. The molecule has 2 N–H and O–H groups in total. The molecule has 0 bridgehead atoms. The van der Waals surface area contributed by atoms with E-state index in [1.807, 2.05) is 13.0 Å². The second-order valence-corrected chi connectivity index (χ2v) is 5.64. The largest absolute Gasteiger partial charge is 0.465 e. The van der Waals surface area contributed by atoms with Crippen molar-refractivity contribution in [2.24, 2.45) is 5.73 Å². The quantitative estimate of drug-likeness (QED) is 0.926. The molecule has 1 aliphatic heterocycles. The molecule has 3 nitrogen and oxygen atoms in total. The molecule has 1 aromatic carbocycles. The molecule has 0 aliphatic carbocycles. The fourth-order valence-corrected chi connectivity index (χ4v) is 3.05. The van der Waals surface area contributed by atoms with E-state index in [-0.39, 0.29) is 12.1 Å². The predicted molar refractivity (Wildman–Crippen MR) is 80.1 cm³/mol. The maximum atomic E-state index is 6.37. The van der Waals surface area contributed by atoms with Gasteiger partial charge in [-0.25, -0.2) is 0 Å². The molecular formula is C17H22N2O. The minimum Gasteiger partial charge on any atom is -0.465 e. The summed E-state index contributed by atoms with van der Waals surface area (Å²) in [5, 5.41) is 0. The van der Waals surface area contributed by atoms with Crippen molar-refractivity contribution in [2.75, 3.05) is 0 Å². The maximum absolute atomic E-state index is 6.37. The summed E-state index contributed by atoms with van der Waals surface area (Å²) >= 11 is 0. The lowest BCUT2D eigenvalue weighted by Crippen LogP contribution is -2.38. The minimum absolute atomic E-state index is 0.0925. The normalized spacial score (nSPS) is 17.9. The van der Waals surface area contributed by atoms with Gasteiger partial charge in [-0.05, 0) is 36.6 Å². The van der Waals surface area contributed by atoms with Crippen LogP contribution in [0.2, 0.25) is 0 Å². The molecule has 2 aromatic rings. The van der Waals surface area contributed by atoms with Crippen molar-refractivity contribution in [1.29, 1.82) is 0 Å². The molecule has 0 spiro atoms. The van der Waals surface area contributed by atoms with E-state index in [1.54, 1.807) is 0 Å². The number of nitrogens with two attached hydrogens (primary N) is 1. The van der Waals surface area contributed by atoms with Crippen molar-refractivity contribution in [3.63, 3.8) is 0 Å². The molecule has 2 heterocycles. The van der Waals surface area contributed by atoms with Gasteiger partial charge in [-0.3, -0.25) is 4.90 Å². The third kappa shape index (κ3) is 2.39. The third-order valence-electron chi connectivity index (χ3n) is 4.19. The van der Waals surface area contributed by atoms with E-state index < -0.39 is 0 Å². The Hall–Kier alpha value is -1.58. The summed E-state index contributed by atoms with van der Waals surface area (Å²) < 4.78 is 5.86. The van der Waals surface area contributed by atoms with Gasteiger partial charge in [0.2, 0.25) is 0 Å². The van der Waals surface area contributed by atoms with Gasteiger partial charge in [-0.1, -0.05) is 31.2 Å². The number of benzene rings is 1. The van der Waals surface area contributed by atoms with Crippen LogP contribution in [0, 0.1) is 6.92 Å². The molecule has 3 rings (SSSR count). The van der Waals surface area contributed by atoms with E-state index in [9.17, 15) is 0 Å². The van der Waals surface area contributed by atoms with Gasteiger partial charge in [-0.2, -0.15) is 0 Å². The predicted octanol–water partition coefficient (Wildman–Crippen LogP) is 3.38. The summed E-state index contributed by atoms with van der Waals surface area (Å²) in [5.74, 6) is 1.94. The molecule has 106 valence electrons. The summed E-state index contributed by atoms with van der Waals surface area (Å²) in [4.78, 5) is 2.43. The van der Waals surface area contributed by atoms with Crippen LogP contribution in [0.1, 0.15) is 42.0 Å². The molecule has 2 unspecified atom stereocenters. The molecule has 0 fully saturated rings. The van der Waals surface area contributed by atoms with Crippen LogP contribution in [0.3, 0.4) is 0 Å². The lowest BCUT2D eigenvalue weighted by molar-refractivity contribution is 0.147. The first-order chi connectivity index (χ1) is 9.69. The third-order valence-corrected chi connectivity index (χ3v) is 4.19. The van der Waals surface area contributed by atoms with E-state index in [4.69, 9.17) is 10.2 Å². The highest BCUT2D eigenvalue weighted by atomic mass is 16.3. The molecule has 0 amide bonds. The van der Waals surface area contributed by atoms with Crippen molar-refractivity contribution in [3.8, 4) is 0 Å². The molecular weight excluding hydrogens is 248 g/mol. The van der Waals surface area contributed by atoms with Gasteiger partial charge in [0, 0.05) is 19.1 Å². The Morgan fingerprint density at radius 1 is 1.15 bits per heavy atom. The first-order valence-electron chi connectivity index (χ1n) is 7.31. The van der Waals surface area contributed by atoms with Gasteiger partial charge in [-0.15, -0.1) is 0 Å². The monoisotopic (exact) mass is 270 g/mol. The summed E-state index contributed by atoms with van der Waals surface area (Å²) in [5.41, 5.74) is 9.18. The van der Waals surface area contributed by atoms with E-state index in [1.165, 1.54) is 11.1 Å². The summed E-state index contributed by atoms with van der Waals surface area (Å²) in [6.45, 7) is 6.02. The van der Waals surface area contributed by atoms with Crippen molar-refractivity contribution in [1.82, 2.24) is 4.90 Å². The van der Waals surface area contributed by atoms with Crippen LogP contribution in [-0.4, -0.2) is 10.9 Å². The number of hydrogen-bond acceptors (Lipinski definition) is 3. The van der Waals surface area contributed by atoms with E-state index in [0.717, 1.165) is 31.0 Å². The maximum Gasteiger partial charge on any atom is 0.122 e. The van der Waals surface area contributed by atoms with Crippen LogP contribution in [0.5, 0.6) is 0 Å². The lowest BCUT2D eigenvalue weighted by atomic mass is 10.0. The highest BCUT2D eigenvalue weighted by Gasteiger charge is 2.32. The average Bonchev–Trinajstić information content (AvgIpc) is 3.05. The Morgan fingerprint density at radius 2 is 1.80 bits per heavy atom. The van der Waals surface area contributed by atoms with Gasteiger partial charge < -0.3 is 10.2 Å². The molecule has 1 aromatic heterocycles. The van der Waals surface area contributed by atoms with Gasteiger partial charge in [0.25, 0.3) is 0 Å². The second kappa shape index (κ2) is 5.43. The average molecular weight is 270 g/mol. The standard InChI is InChI=1S/C17H22N2O/c1-3-15(18)17(16-9-8-12(2)20-16)19-10-13-6-4-5-7-14(13)11-19/h4-9,15,17H,3,10-11,18H2,1-2H3. The first-order valence-corrected chi connectivity index (χ1v) is 7.31. The van der Waals surface area contributed by atoms with Crippen LogP contribution in [0.15, 0.2) is 40.8 Å². The van der Waals surface area contributed by atoms with Crippen molar-refractivity contribution >= 4 is 0 Å². The van der Waals surface area contributed by atoms with Gasteiger partial charge in [0.15, 0.2) is 0 Å². The molecule has 1 aliphatic rings. The van der Waals surface area contributed by atoms with E-state index in [2.05, 4.69) is 42.2 Å². The van der Waals surface area contributed by atoms with Crippen LogP contribution >= 0.6 is 0 Å². The first kappa shape index (κ1) is 13.4. The number of hydrogen-bond donors (Lipinski definition) is 1. The highest BCUT2D eigenvalue weighted by molar-refractivity contribution is 5.31. The van der Waals surface area contributed by atoms with Crippen LogP contribution in [-0.2, 0) is 13.1 Å². The molecule has 0 saturated heterocycles. The zero-order valence-corrected chi connectivity index (χ0v) is 12.2. The summed E-state index contributed by atoms with van der Waals surface area (Å²) in [6, 6.07) is 13.0. The van der Waals surface area contributed by atoms with E-state index in [0.29, 0.717) is 0 Å². The smallest absolute Gasteiger partial charge is 0.122 e. The summed E-state index contributed by atoms with van der Waals surface area (Å²) in [7, 11) is 0. The number of rotatable bonds is 4. The number of fused-ring (bicyclic) bond motifs is 1. The molecule has 0 saturated carbocycles. The second-order valence-electron chi connectivity index (χ2n) is 5.64. The van der Waals surface area contributed by atoms with Gasteiger partial charge >= 0.3 is 0 Å².